The monoisotopic (exact) mass is 222 g/mol. The maximum Gasteiger partial charge on any atom is 0.0538 e. The minimum atomic E-state index is 0.0682. The summed E-state index contributed by atoms with van der Waals surface area (Å²) in [6, 6.07) is 0.0682. The summed E-state index contributed by atoms with van der Waals surface area (Å²) in [5.74, 6) is 0. The van der Waals surface area contributed by atoms with E-state index in [1.165, 1.54) is 25.7 Å². The minimum absolute atomic E-state index is 0.0682. The van der Waals surface area contributed by atoms with Crippen molar-refractivity contribution in [3.8, 4) is 0 Å². The summed E-state index contributed by atoms with van der Waals surface area (Å²) >= 11 is 0. The number of hydrogen-bond donors (Lipinski definition) is 1. The van der Waals surface area contributed by atoms with Crippen LogP contribution in [0.1, 0.15) is 37.3 Å². The van der Waals surface area contributed by atoms with Gasteiger partial charge in [0.15, 0.2) is 0 Å². The van der Waals surface area contributed by atoms with Gasteiger partial charge < -0.3 is 10.6 Å². The Kier molecular flexibility index (Phi) is 3.04. The molecule has 4 heteroatoms. The highest BCUT2D eigenvalue weighted by atomic mass is 15.2. The Bertz CT molecular complexity index is 350. The molecule has 1 atom stereocenters. The Hall–Kier alpha value is -0.870. The second kappa shape index (κ2) is 4.18. The van der Waals surface area contributed by atoms with Crippen LogP contribution in [0.4, 0.5) is 0 Å². The second-order valence-corrected chi connectivity index (χ2v) is 5.13. The third kappa shape index (κ3) is 1.76. The van der Waals surface area contributed by atoms with Gasteiger partial charge in [-0.05, 0) is 26.9 Å². The average Bonchev–Trinajstić information content (AvgIpc) is 2.85. The largest absolute Gasteiger partial charge is 0.322 e. The van der Waals surface area contributed by atoms with Crippen molar-refractivity contribution in [2.24, 2.45) is 12.8 Å². The van der Waals surface area contributed by atoms with Crippen LogP contribution in [0.25, 0.3) is 0 Å². The highest BCUT2D eigenvalue weighted by molar-refractivity contribution is 5.18. The number of nitrogens with two attached hydrogens (primary N) is 1. The molecule has 1 aliphatic rings. The molecular formula is C12H22N4. The lowest BCUT2D eigenvalue weighted by atomic mass is 9.84. The van der Waals surface area contributed by atoms with Gasteiger partial charge in [0.1, 0.15) is 0 Å². The van der Waals surface area contributed by atoms with Gasteiger partial charge in [-0.3, -0.25) is 4.68 Å². The molecule has 4 nitrogen and oxygen atoms in total. The van der Waals surface area contributed by atoms with E-state index < -0.39 is 0 Å². The number of hydrogen-bond acceptors (Lipinski definition) is 3. The predicted octanol–water partition coefficient (Wildman–Crippen LogP) is 1.29. The van der Waals surface area contributed by atoms with E-state index in [0.717, 1.165) is 5.56 Å². The lowest BCUT2D eigenvalue weighted by Crippen LogP contribution is -2.50. The molecule has 90 valence electrons. The van der Waals surface area contributed by atoms with Gasteiger partial charge in [0.25, 0.3) is 0 Å². The molecule has 0 amide bonds. The van der Waals surface area contributed by atoms with Crippen molar-refractivity contribution >= 4 is 0 Å². The molecule has 1 heterocycles. The average molecular weight is 222 g/mol. The summed E-state index contributed by atoms with van der Waals surface area (Å²) in [4.78, 5) is 2.30. The Labute approximate surface area is 97.4 Å². The third-order valence-corrected chi connectivity index (χ3v) is 4.02. The highest BCUT2D eigenvalue weighted by Crippen LogP contribution is 2.41. The Morgan fingerprint density at radius 1 is 1.44 bits per heavy atom. The molecular weight excluding hydrogens is 200 g/mol. The van der Waals surface area contributed by atoms with Crippen molar-refractivity contribution in [3.05, 3.63) is 18.0 Å². The van der Waals surface area contributed by atoms with Crippen LogP contribution in [-0.2, 0) is 7.05 Å². The van der Waals surface area contributed by atoms with Crippen LogP contribution in [0.3, 0.4) is 0 Å². The van der Waals surface area contributed by atoms with Gasteiger partial charge in [-0.15, -0.1) is 0 Å². The summed E-state index contributed by atoms with van der Waals surface area (Å²) in [6.45, 7) is 0. The van der Waals surface area contributed by atoms with Gasteiger partial charge in [0, 0.05) is 24.3 Å². The molecule has 1 aliphatic carbocycles. The molecule has 0 radical (unpaired) electrons. The number of aryl methyl sites for hydroxylation is 1. The van der Waals surface area contributed by atoms with Gasteiger partial charge in [-0.1, -0.05) is 12.8 Å². The molecule has 0 bridgehead atoms. The highest BCUT2D eigenvalue weighted by Gasteiger charge is 2.42. The molecule has 16 heavy (non-hydrogen) atoms. The van der Waals surface area contributed by atoms with Crippen molar-refractivity contribution in [2.45, 2.75) is 37.3 Å². The van der Waals surface area contributed by atoms with E-state index in [0.29, 0.717) is 0 Å². The van der Waals surface area contributed by atoms with E-state index in [-0.39, 0.29) is 11.6 Å². The quantitative estimate of drug-likeness (QED) is 0.838. The maximum absolute atomic E-state index is 6.45. The van der Waals surface area contributed by atoms with Crippen LogP contribution in [0, 0.1) is 0 Å². The molecule has 1 fully saturated rings. The van der Waals surface area contributed by atoms with Crippen molar-refractivity contribution in [1.29, 1.82) is 0 Å². The lowest BCUT2D eigenvalue weighted by molar-refractivity contribution is 0.123. The van der Waals surface area contributed by atoms with Crippen LogP contribution in [0.2, 0.25) is 0 Å². The SMILES string of the molecule is CN(C)C1(C(N)c2cnn(C)c2)CCCC1. The number of nitrogens with zero attached hydrogens (tertiary/aromatic N) is 3. The summed E-state index contributed by atoms with van der Waals surface area (Å²) in [7, 11) is 6.22. The van der Waals surface area contributed by atoms with Crippen molar-refractivity contribution in [2.75, 3.05) is 14.1 Å². The lowest BCUT2D eigenvalue weighted by Gasteiger charge is -2.41. The van der Waals surface area contributed by atoms with Crippen LogP contribution >= 0.6 is 0 Å². The van der Waals surface area contributed by atoms with Crippen LogP contribution in [0.15, 0.2) is 12.4 Å². The van der Waals surface area contributed by atoms with E-state index >= 15 is 0 Å². The molecule has 2 N–H and O–H groups in total. The smallest absolute Gasteiger partial charge is 0.0538 e. The van der Waals surface area contributed by atoms with Crippen molar-refractivity contribution < 1.29 is 0 Å². The number of aromatic nitrogens is 2. The molecule has 1 aromatic rings. The van der Waals surface area contributed by atoms with E-state index in [9.17, 15) is 0 Å². The number of rotatable bonds is 3. The zero-order chi connectivity index (χ0) is 11.8. The molecule has 0 aliphatic heterocycles. The van der Waals surface area contributed by atoms with E-state index in [4.69, 9.17) is 5.73 Å². The van der Waals surface area contributed by atoms with Crippen LogP contribution in [-0.4, -0.2) is 34.3 Å². The first kappa shape index (κ1) is 11.6. The van der Waals surface area contributed by atoms with Gasteiger partial charge in [-0.2, -0.15) is 5.10 Å². The molecule has 1 saturated carbocycles. The fourth-order valence-corrected chi connectivity index (χ4v) is 2.93. The summed E-state index contributed by atoms with van der Waals surface area (Å²) in [6.07, 6.45) is 8.88. The summed E-state index contributed by atoms with van der Waals surface area (Å²) in [5, 5.41) is 4.22. The van der Waals surface area contributed by atoms with E-state index in [2.05, 4.69) is 24.1 Å². The second-order valence-electron chi connectivity index (χ2n) is 5.13. The Morgan fingerprint density at radius 3 is 2.50 bits per heavy atom. The molecule has 0 saturated heterocycles. The maximum atomic E-state index is 6.45. The molecule has 1 aromatic heterocycles. The van der Waals surface area contributed by atoms with Crippen LogP contribution in [0.5, 0.6) is 0 Å². The van der Waals surface area contributed by atoms with Gasteiger partial charge in [0.2, 0.25) is 0 Å². The van der Waals surface area contributed by atoms with Gasteiger partial charge in [-0.25, -0.2) is 0 Å². The first-order chi connectivity index (χ1) is 7.56. The molecule has 0 spiro atoms. The van der Waals surface area contributed by atoms with Gasteiger partial charge in [0.05, 0.1) is 12.2 Å². The minimum Gasteiger partial charge on any atom is -0.322 e. The molecule has 2 rings (SSSR count). The normalized spacial score (nSPS) is 21.6. The van der Waals surface area contributed by atoms with E-state index in [1.807, 2.05) is 24.1 Å². The predicted molar refractivity (Wildman–Crippen MR) is 65.0 cm³/mol. The summed E-state index contributed by atoms with van der Waals surface area (Å²) < 4.78 is 1.83. The topological polar surface area (TPSA) is 47.1 Å². The first-order valence-corrected chi connectivity index (χ1v) is 5.98. The van der Waals surface area contributed by atoms with Gasteiger partial charge >= 0.3 is 0 Å². The van der Waals surface area contributed by atoms with E-state index in [1.54, 1.807) is 0 Å². The van der Waals surface area contributed by atoms with Crippen LogP contribution < -0.4 is 5.73 Å². The number of likely N-dealkylation sites (N-methyl/N-ethyl adjacent to an activating group) is 1. The third-order valence-electron chi connectivity index (χ3n) is 4.02. The first-order valence-electron chi connectivity index (χ1n) is 5.98. The van der Waals surface area contributed by atoms with Crippen molar-refractivity contribution in [3.63, 3.8) is 0 Å². The van der Waals surface area contributed by atoms with Crippen molar-refractivity contribution in [1.82, 2.24) is 14.7 Å². The fourth-order valence-electron chi connectivity index (χ4n) is 2.93. The fraction of sp³-hybridized carbons (Fsp3) is 0.750. The summed E-state index contributed by atoms with van der Waals surface area (Å²) in [5.41, 5.74) is 7.73. The zero-order valence-electron chi connectivity index (χ0n) is 10.5. The zero-order valence-corrected chi connectivity index (χ0v) is 10.5. The molecule has 1 unspecified atom stereocenters. The molecule has 0 aromatic carbocycles. The Morgan fingerprint density at radius 2 is 2.06 bits per heavy atom. The Balaban J connectivity index is 2.27. The standard InChI is InChI=1S/C12H22N4/c1-15(2)12(6-4-5-7-12)11(13)10-8-14-16(3)9-10/h8-9,11H,4-7,13H2,1-3H3.